The molecule has 2 rings (SSSR count). The fourth-order valence-electron chi connectivity index (χ4n) is 2.45. The van der Waals surface area contributed by atoms with Gasteiger partial charge in [-0.15, -0.1) is 24.0 Å². The van der Waals surface area contributed by atoms with Crippen molar-refractivity contribution in [1.29, 1.82) is 0 Å². The van der Waals surface area contributed by atoms with Gasteiger partial charge in [-0.05, 0) is 43.5 Å². The normalized spacial score (nSPS) is 11.1. The van der Waals surface area contributed by atoms with Gasteiger partial charge in [-0.1, -0.05) is 18.2 Å². The summed E-state index contributed by atoms with van der Waals surface area (Å²) in [6.45, 7) is 2.79. The zero-order valence-corrected chi connectivity index (χ0v) is 17.7. The molecule has 0 bridgehead atoms. The quantitative estimate of drug-likeness (QED) is 0.335. The van der Waals surface area contributed by atoms with Crippen molar-refractivity contribution >= 4 is 29.9 Å². The van der Waals surface area contributed by atoms with Gasteiger partial charge in [-0.2, -0.15) is 8.78 Å². The lowest BCUT2D eigenvalue weighted by atomic mass is 10.1. The summed E-state index contributed by atoms with van der Waals surface area (Å²) in [5.41, 5.74) is 2.98. The van der Waals surface area contributed by atoms with Crippen LogP contribution in [0, 0.1) is 6.92 Å². The van der Waals surface area contributed by atoms with Crippen LogP contribution in [0.4, 0.5) is 8.78 Å². The minimum Gasteiger partial charge on any atom is -0.434 e. The number of aromatic nitrogens is 1. The van der Waals surface area contributed by atoms with E-state index in [4.69, 9.17) is 0 Å². The first-order valence-electron chi connectivity index (χ1n) is 8.54. The Morgan fingerprint density at radius 3 is 2.67 bits per heavy atom. The number of guanidine groups is 1. The van der Waals surface area contributed by atoms with Crippen molar-refractivity contribution in [1.82, 2.24) is 15.6 Å². The number of pyridine rings is 1. The summed E-state index contributed by atoms with van der Waals surface area (Å²) in [7, 11) is 0. The SMILES string of the molecule is CCNC(=NCc1ccccc1OC(F)F)NCCc1ccncc1C.I. The van der Waals surface area contributed by atoms with E-state index in [1.165, 1.54) is 11.6 Å². The molecule has 0 aliphatic heterocycles. The van der Waals surface area contributed by atoms with Gasteiger partial charge in [0, 0.05) is 31.0 Å². The summed E-state index contributed by atoms with van der Waals surface area (Å²) in [6.07, 6.45) is 4.46. The molecule has 0 saturated carbocycles. The largest absolute Gasteiger partial charge is 0.434 e. The van der Waals surface area contributed by atoms with Crippen LogP contribution in [0.25, 0.3) is 0 Å². The average Bonchev–Trinajstić information content (AvgIpc) is 2.62. The second kappa shape index (κ2) is 12.4. The summed E-state index contributed by atoms with van der Waals surface area (Å²) in [6, 6.07) is 8.68. The van der Waals surface area contributed by atoms with Crippen molar-refractivity contribution in [2.24, 2.45) is 4.99 Å². The van der Waals surface area contributed by atoms with Gasteiger partial charge in [0.2, 0.25) is 0 Å². The molecule has 2 N–H and O–H groups in total. The van der Waals surface area contributed by atoms with Crippen LogP contribution in [-0.2, 0) is 13.0 Å². The van der Waals surface area contributed by atoms with Crippen LogP contribution >= 0.6 is 24.0 Å². The third-order valence-electron chi connectivity index (χ3n) is 3.76. The summed E-state index contributed by atoms with van der Waals surface area (Å²) < 4.78 is 29.5. The van der Waals surface area contributed by atoms with Crippen molar-refractivity contribution in [3.05, 3.63) is 59.4 Å². The van der Waals surface area contributed by atoms with Gasteiger partial charge in [0.15, 0.2) is 5.96 Å². The lowest BCUT2D eigenvalue weighted by molar-refractivity contribution is -0.0504. The van der Waals surface area contributed by atoms with Crippen molar-refractivity contribution in [3.8, 4) is 5.75 Å². The number of para-hydroxylation sites is 1. The van der Waals surface area contributed by atoms with E-state index in [0.29, 0.717) is 24.6 Å². The molecule has 0 saturated heterocycles. The molecule has 0 spiro atoms. The molecule has 1 aromatic carbocycles. The highest BCUT2D eigenvalue weighted by atomic mass is 127. The third kappa shape index (κ3) is 8.06. The minimum absolute atomic E-state index is 0. The standard InChI is InChI=1S/C19H24F2N4O.HI/c1-3-23-19(24-11-9-15-8-10-22-12-14(15)2)25-13-16-6-4-5-7-17(16)26-18(20)21;/h4-8,10,12,18H,3,9,11,13H2,1-2H3,(H2,23,24,25);1H. The number of aryl methyl sites for hydroxylation is 1. The molecular formula is C19H25F2IN4O. The Morgan fingerprint density at radius 1 is 1.19 bits per heavy atom. The first kappa shape index (κ1) is 23.1. The Kier molecular flexibility index (Phi) is 10.6. The van der Waals surface area contributed by atoms with Crippen LogP contribution in [0.5, 0.6) is 5.75 Å². The number of hydrogen-bond donors (Lipinski definition) is 2. The lowest BCUT2D eigenvalue weighted by Crippen LogP contribution is -2.38. The van der Waals surface area contributed by atoms with Gasteiger partial charge < -0.3 is 15.4 Å². The molecule has 1 heterocycles. The molecule has 5 nitrogen and oxygen atoms in total. The molecule has 0 fully saturated rings. The molecule has 0 radical (unpaired) electrons. The first-order valence-corrected chi connectivity index (χ1v) is 8.54. The van der Waals surface area contributed by atoms with E-state index in [1.807, 2.05) is 26.1 Å². The van der Waals surface area contributed by atoms with Crippen LogP contribution in [-0.4, -0.2) is 30.6 Å². The molecule has 27 heavy (non-hydrogen) atoms. The van der Waals surface area contributed by atoms with E-state index in [-0.39, 0.29) is 36.3 Å². The summed E-state index contributed by atoms with van der Waals surface area (Å²) in [5, 5.41) is 6.41. The fourth-order valence-corrected chi connectivity index (χ4v) is 2.45. The number of alkyl halides is 2. The Hall–Kier alpha value is -1.97. The Labute approximate surface area is 175 Å². The zero-order valence-electron chi connectivity index (χ0n) is 15.4. The highest BCUT2D eigenvalue weighted by Gasteiger charge is 2.09. The van der Waals surface area contributed by atoms with E-state index in [2.05, 4.69) is 25.3 Å². The van der Waals surface area contributed by atoms with Crippen molar-refractivity contribution in [2.75, 3.05) is 13.1 Å². The molecular weight excluding hydrogens is 465 g/mol. The van der Waals surface area contributed by atoms with Gasteiger partial charge in [0.25, 0.3) is 0 Å². The monoisotopic (exact) mass is 490 g/mol. The number of ether oxygens (including phenoxy) is 1. The summed E-state index contributed by atoms with van der Waals surface area (Å²) in [5.74, 6) is 0.778. The van der Waals surface area contributed by atoms with Crippen molar-refractivity contribution < 1.29 is 13.5 Å². The van der Waals surface area contributed by atoms with E-state index in [1.54, 1.807) is 24.4 Å². The number of nitrogens with zero attached hydrogens (tertiary/aromatic N) is 2. The Balaban J connectivity index is 0.00000364. The Bertz CT molecular complexity index is 728. The lowest BCUT2D eigenvalue weighted by Gasteiger charge is -2.13. The van der Waals surface area contributed by atoms with Crippen LogP contribution in [0.15, 0.2) is 47.7 Å². The van der Waals surface area contributed by atoms with Crippen LogP contribution in [0.3, 0.4) is 0 Å². The number of nitrogens with one attached hydrogen (secondary N) is 2. The molecule has 0 amide bonds. The molecule has 148 valence electrons. The second-order valence-corrected chi connectivity index (χ2v) is 5.66. The number of benzene rings is 1. The molecule has 1 aromatic heterocycles. The van der Waals surface area contributed by atoms with Crippen molar-refractivity contribution in [2.45, 2.75) is 33.4 Å². The van der Waals surface area contributed by atoms with Gasteiger partial charge >= 0.3 is 6.61 Å². The van der Waals surface area contributed by atoms with Crippen LogP contribution in [0.1, 0.15) is 23.6 Å². The minimum atomic E-state index is -2.85. The maximum atomic E-state index is 12.5. The molecule has 8 heteroatoms. The second-order valence-electron chi connectivity index (χ2n) is 5.66. The van der Waals surface area contributed by atoms with E-state index < -0.39 is 6.61 Å². The molecule has 0 aliphatic carbocycles. The molecule has 0 atom stereocenters. The smallest absolute Gasteiger partial charge is 0.387 e. The topological polar surface area (TPSA) is 58.5 Å². The molecule has 0 unspecified atom stereocenters. The number of halogens is 3. The fraction of sp³-hybridized carbons (Fsp3) is 0.368. The predicted octanol–water partition coefficient (Wildman–Crippen LogP) is 3.91. The highest BCUT2D eigenvalue weighted by molar-refractivity contribution is 14.0. The molecule has 2 aromatic rings. The van der Waals surface area contributed by atoms with E-state index in [9.17, 15) is 8.78 Å². The van der Waals surface area contributed by atoms with Crippen LogP contribution < -0.4 is 15.4 Å². The number of aliphatic imine (C=N–C) groups is 1. The third-order valence-corrected chi connectivity index (χ3v) is 3.76. The van der Waals surface area contributed by atoms with Crippen LogP contribution in [0.2, 0.25) is 0 Å². The van der Waals surface area contributed by atoms with Gasteiger partial charge in [-0.3, -0.25) is 4.98 Å². The maximum absolute atomic E-state index is 12.5. The average molecular weight is 490 g/mol. The van der Waals surface area contributed by atoms with Crippen molar-refractivity contribution in [3.63, 3.8) is 0 Å². The van der Waals surface area contributed by atoms with Gasteiger partial charge in [0.1, 0.15) is 5.75 Å². The van der Waals surface area contributed by atoms with Gasteiger partial charge in [0.05, 0.1) is 6.54 Å². The van der Waals surface area contributed by atoms with Gasteiger partial charge in [-0.25, -0.2) is 4.99 Å². The zero-order chi connectivity index (χ0) is 18.8. The molecule has 0 aliphatic rings. The number of rotatable bonds is 8. The van der Waals surface area contributed by atoms with E-state index >= 15 is 0 Å². The van der Waals surface area contributed by atoms with E-state index in [0.717, 1.165) is 12.0 Å². The predicted molar refractivity (Wildman–Crippen MR) is 114 cm³/mol. The summed E-state index contributed by atoms with van der Waals surface area (Å²) in [4.78, 5) is 8.55. The first-order chi connectivity index (χ1) is 12.6. The Morgan fingerprint density at radius 2 is 1.96 bits per heavy atom. The number of hydrogen-bond acceptors (Lipinski definition) is 3. The maximum Gasteiger partial charge on any atom is 0.387 e. The summed E-state index contributed by atoms with van der Waals surface area (Å²) >= 11 is 0. The highest BCUT2D eigenvalue weighted by Crippen LogP contribution is 2.20.